The number of ether oxygens (including phenoxy) is 1. The van der Waals surface area contributed by atoms with Crippen LogP contribution in [0.3, 0.4) is 0 Å². The van der Waals surface area contributed by atoms with Crippen molar-refractivity contribution >= 4 is 22.9 Å². The second kappa shape index (κ2) is 8.12. The molecule has 2 fully saturated rings. The number of amides is 3. The summed E-state index contributed by atoms with van der Waals surface area (Å²) in [4.78, 5) is 28.5. The highest BCUT2D eigenvalue weighted by Gasteiger charge is 2.30. The van der Waals surface area contributed by atoms with Crippen LogP contribution in [0.15, 0.2) is 28.7 Å². The summed E-state index contributed by atoms with van der Waals surface area (Å²) in [6, 6.07) is 7.84. The van der Waals surface area contributed by atoms with E-state index in [0.29, 0.717) is 31.0 Å². The van der Waals surface area contributed by atoms with Crippen LogP contribution in [-0.2, 0) is 11.3 Å². The first-order valence-corrected chi connectivity index (χ1v) is 10.0. The Morgan fingerprint density at radius 2 is 2.07 bits per heavy atom. The number of fused-ring (bicyclic) bond motifs is 1. The minimum Gasteiger partial charge on any atom is -0.492 e. The smallest absolute Gasteiger partial charge is 0.317 e. The largest absolute Gasteiger partial charge is 0.492 e. The van der Waals surface area contributed by atoms with E-state index in [9.17, 15) is 9.59 Å². The van der Waals surface area contributed by atoms with Crippen LogP contribution in [0.1, 0.15) is 37.9 Å². The molecule has 4 rings (SSSR count). The minimum absolute atomic E-state index is 0.101. The van der Waals surface area contributed by atoms with Crippen LogP contribution in [0.5, 0.6) is 5.75 Å². The average Bonchev–Trinajstić information content (AvgIpc) is 3.20. The van der Waals surface area contributed by atoms with Crippen molar-refractivity contribution in [1.82, 2.24) is 15.1 Å². The molecule has 1 unspecified atom stereocenters. The Balaban J connectivity index is 1.36. The van der Waals surface area contributed by atoms with Crippen LogP contribution in [-0.4, -0.2) is 54.5 Å². The molecule has 2 saturated heterocycles. The van der Waals surface area contributed by atoms with Crippen LogP contribution in [0, 0.1) is 0 Å². The third-order valence-electron chi connectivity index (χ3n) is 5.76. The summed E-state index contributed by atoms with van der Waals surface area (Å²) >= 11 is 0. The van der Waals surface area contributed by atoms with E-state index < -0.39 is 0 Å². The van der Waals surface area contributed by atoms with Crippen molar-refractivity contribution in [3.63, 3.8) is 0 Å². The molecule has 0 radical (unpaired) electrons. The van der Waals surface area contributed by atoms with Crippen LogP contribution in [0.4, 0.5) is 4.79 Å². The van der Waals surface area contributed by atoms with Crippen molar-refractivity contribution in [3.05, 3.63) is 30.0 Å². The molecule has 1 aromatic carbocycles. The number of nitrogens with zero attached hydrogens (tertiary/aromatic N) is 2. The number of furan rings is 1. The maximum Gasteiger partial charge on any atom is 0.317 e. The summed E-state index contributed by atoms with van der Waals surface area (Å²) < 4.78 is 11.3. The summed E-state index contributed by atoms with van der Waals surface area (Å²) in [6.45, 7) is 2.52. The number of urea groups is 1. The number of nitrogens with one attached hydrogen (secondary N) is 1. The van der Waals surface area contributed by atoms with E-state index in [2.05, 4.69) is 5.32 Å². The molecule has 1 N–H and O–H groups in total. The fourth-order valence-corrected chi connectivity index (χ4v) is 4.33. The second-order valence-electron chi connectivity index (χ2n) is 7.48. The molecule has 150 valence electrons. The Labute approximate surface area is 164 Å². The maximum atomic E-state index is 12.7. The van der Waals surface area contributed by atoms with E-state index in [-0.39, 0.29) is 24.5 Å². The number of carbonyl (C=O) groups is 2. The Morgan fingerprint density at radius 3 is 2.86 bits per heavy atom. The summed E-state index contributed by atoms with van der Waals surface area (Å²) in [7, 11) is 1.61. The van der Waals surface area contributed by atoms with Gasteiger partial charge in [0.25, 0.3) is 0 Å². The van der Waals surface area contributed by atoms with Gasteiger partial charge in [0.2, 0.25) is 5.91 Å². The van der Waals surface area contributed by atoms with E-state index in [1.54, 1.807) is 7.11 Å². The highest BCUT2D eigenvalue weighted by Crippen LogP contribution is 2.32. The Morgan fingerprint density at radius 1 is 1.21 bits per heavy atom. The van der Waals surface area contributed by atoms with Gasteiger partial charge >= 0.3 is 6.03 Å². The van der Waals surface area contributed by atoms with Gasteiger partial charge in [0.1, 0.15) is 5.58 Å². The van der Waals surface area contributed by atoms with Gasteiger partial charge in [-0.25, -0.2) is 4.79 Å². The molecule has 2 aliphatic rings. The normalized spacial score (nSPS) is 20.5. The molecule has 2 aromatic rings. The van der Waals surface area contributed by atoms with Crippen LogP contribution in [0.25, 0.3) is 11.0 Å². The number of carbonyl (C=O) groups excluding carboxylic acids is 2. The Bertz CT molecular complexity index is 862. The molecule has 0 aliphatic carbocycles. The van der Waals surface area contributed by atoms with Crippen molar-refractivity contribution in [3.8, 4) is 5.75 Å². The molecule has 2 aliphatic heterocycles. The number of hydrogen-bond donors (Lipinski definition) is 1. The number of rotatable bonds is 4. The zero-order chi connectivity index (χ0) is 19.5. The third-order valence-corrected chi connectivity index (χ3v) is 5.76. The number of hydrogen-bond acceptors (Lipinski definition) is 4. The number of methoxy groups -OCH3 is 1. The number of benzene rings is 1. The summed E-state index contributed by atoms with van der Waals surface area (Å²) in [5.41, 5.74) is 0.747. The van der Waals surface area contributed by atoms with Gasteiger partial charge in [-0.05, 0) is 37.8 Å². The predicted octanol–water partition coefficient (Wildman–Crippen LogP) is 3.13. The fraction of sp³-hybridized carbons (Fsp3) is 0.524. The number of likely N-dealkylation sites (tertiary alicyclic amines) is 2. The zero-order valence-corrected chi connectivity index (χ0v) is 16.3. The number of para-hydroxylation sites is 1. The van der Waals surface area contributed by atoms with E-state index in [0.717, 1.165) is 43.2 Å². The zero-order valence-electron chi connectivity index (χ0n) is 16.3. The van der Waals surface area contributed by atoms with Crippen LogP contribution < -0.4 is 10.1 Å². The Kier molecular flexibility index (Phi) is 5.41. The van der Waals surface area contributed by atoms with Gasteiger partial charge in [0, 0.05) is 32.1 Å². The molecule has 1 aromatic heterocycles. The van der Waals surface area contributed by atoms with E-state index >= 15 is 0 Å². The Hall–Kier alpha value is -2.70. The van der Waals surface area contributed by atoms with Gasteiger partial charge in [-0.3, -0.25) is 4.79 Å². The lowest BCUT2D eigenvalue weighted by atomic mass is 10.1. The highest BCUT2D eigenvalue weighted by molar-refractivity contribution is 5.85. The van der Waals surface area contributed by atoms with Gasteiger partial charge in [0.15, 0.2) is 11.5 Å². The van der Waals surface area contributed by atoms with Gasteiger partial charge in [-0.1, -0.05) is 12.1 Å². The van der Waals surface area contributed by atoms with Crippen molar-refractivity contribution in [2.45, 2.75) is 44.7 Å². The fourth-order valence-electron chi connectivity index (χ4n) is 4.33. The first kappa shape index (κ1) is 18.7. The van der Waals surface area contributed by atoms with Crippen LogP contribution >= 0.6 is 0 Å². The van der Waals surface area contributed by atoms with Gasteiger partial charge in [-0.2, -0.15) is 0 Å². The SMILES string of the molecule is COc1c(CNC(=O)N2CCCC(N3CCCC3=O)CC2)oc2ccccc12. The molecule has 3 amide bonds. The molecule has 28 heavy (non-hydrogen) atoms. The summed E-state index contributed by atoms with van der Waals surface area (Å²) in [5, 5.41) is 3.86. The van der Waals surface area contributed by atoms with Gasteiger partial charge < -0.3 is 24.3 Å². The minimum atomic E-state index is -0.101. The first-order valence-electron chi connectivity index (χ1n) is 10.0. The standard InChI is InChI=1S/C21H27N3O4/c1-27-20-16-7-2-3-8-17(16)28-18(20)14-22-21(26)23-11-4-6-15(10-13-23)24-12-5-9-19(24)25/h2-3,7-8,15H,4-6,9-14H2,1H3,(H,22,26). The highest BCUT2D eigenvalue weighted by atomic mass is 16.5. The lowest BCUT2D eigenvalue weighted by Gasteiger charge is -2.27. The van der Waals surface area contributed by atoms with Crippen molar-refractivity contribution in [2.24, 2.45) is 0 Å². The predicted molar refractivity (Wildman–Crippen MR) is 105 cm³/mol. The molecule has 0 saturated carbocycles. The summed E-state index contributed by atoms with van der Waals surface area (Å²) in [5.74, 6) is 1.55. The molecule has 0 spiro atoms. The molecule has 0 bridgehead atoms. The first-order chi connectivity index (χ1) is 13.7. The van der Waals surface area contributed by atoms with Crippen molar-refractivity contribution in [2.75, 3.05) is 26.7 Å². The molecular formula is C21H27N3O4. The van der Waals surface area contributed by atoms with Gasteiger partial charge in [-0.15, -0.1) is 0 Å². The quantitative estimate of drug-likeness (QED) is 0.877. The molecule has 7 heteroatoms. The second-order valence-corrected chi connectivity index (χ2v) is 7.48. The van der Waals surface area contributed by atoms with E-state index in [1.807, 2.05) is 34.1 Å². The maximum absolute atomic E-state index is 12.7. The van der Waals surface area contributed by atoms with Crippen LogP contribution in [0.2, 0.25) is 0 Å². The summed E-state index contributed by atoms with van der Waals surface area (Å²) in [6.07, 6.45) is 4.34. The van der Waals surface area contributed by atoms with E-state index in [1.165, 1.54) is 0 Å². The molecule has 3 heterocycles. The molecule has 7 nitrogen and oxygen atoms in total. The average molecular weight is 385 g/mol. The molecular weight excluding hydrogens is 358 g/mol. The third kappa shape index (κ3) is 3.66. The van der Waals surface area contributed by atoms with Crippen molar-refractivity contribution < 1.29 is 18.7 Å². The molecule has 1 atom stereocenters. The lowest BCUT2D eigenvalue weighted by molar-refractivity contribution is -0.129. The lowest BCUT2D eigenvalue weighted by Crippen LogP contribution is -2.41. The topological polar surface area (TPSA) is 75.0 Å². The monoisotopic (exact) mass is 385 g/mol. The van der Waals surface area contributed by atoms with Gasteiger partial charge in [0.05, 0.1) is 19.0 Å². The van der Waals surface area contributed by atoms with E-state index in [4.69, 9.17) is 9.15 Å². The van der Waals surface area contributed by atoms with Crippen molar-refractivity contribution in [1.29, 1.82) is 0 Å².